The second kappa shape index (κ2) is 3.70. The topological polar surface area (TPSA) is 18.5 Å². The Bertz CT molecular complexity index is 347. The quantitative estimate of drug-likeness (QED) is 0.712. The first-order chi connectivity index (χ1) is 6.68. The number of benzene rings is 1. The molecule has 0 aromatic heterocycles. The molecule has 1 aromatic rings. The van der Waals surface area contributed by atoms with E-state index in [0.717, 1.165) is 22.1 Å². The Balaban J connectivity index is 2.45. The van der Waals surface area contributed by atoms with Crippen LogP contribution >= 0.6 is 11.6 Å². The summed E-state index contributed by atoms with van der Waals surface area (Å²) in [7, 11) is 0. The van der Waals surface area contributed by atoms with Gasteiger partial charge in [0.05, 0.1) is 0 Å². The van der Waals surface area contributed by atoms with E-state index in [1.807, 2.05) is 12.1 Å². The minimum atomic E-state index is 0.401. The summed E-state index contributed by atoms with van der Waals surface area (Å²) in [4.78, 5) is 0. The summed E-state index contributed by atoms with van der Waals surface area (Å²) < 4.78 is 10.9. The first-order valence-electron chi connectivity index (χ1n) is 4.77. The summed E-state index contributed by atoms with van der Waals surface area (Å²) in [5, 5.41) is 0.754. The van der Waals surface area contributed by atoms with Crippen molar-refractivity contribution < 1.29 is 9.47 Å². The molecule has 1 aromatic carbocycles. The molecule has 0 radical (unpaired) electrons. The maximum absolute atomic E-state index is 6.12. The second-order valence-corrected chi connectivity index (χ2v) is 4.08. The van der Waals surface area contributed by atoms with Gasteiger partial charge in [-0.1, -0.05) is 25.4 Å². The van der Waals surface area contributed by atoms with Crippen LogP contribution < -0.4 is 9.47 Å². The Labute approximate surface area is 88.8 Å². The molecule has 0 aliphatic carbocycles. The predicted molar refractivity (Wildman–Crippen MR) is 56.5 cm³/mol. The monoisotopic (exact) mass is 212 g/mol. The molecule has 0 unspecified atom stereocenters. The van der Waals surface area contributed by atoms with Crippen molar-refractivity contribution in [3.63, 3.8) is 0 Å². The van der Waals surface area contributed by atoms with Gasteiger partial charge >= 0.3 is 0 Å². The lowest BCUT2D eigenvalue weighted by molar-refractivity contribution is 0.171. The van der Waals surface area contributed by atoms with Crippen molar-refractivity contribution in [2.75, 3.05) is 13.2 Å². The molecule has 2 rings (SSSR count). The fraction of sp³-hybridized carbons (Fsp3) is 0.455. The molecule has 1 aliphatic rings. The van der Waals surface area contributed by atoms with E-state index in [2.05, 4.69) is 13.8 Å². The molecule has 14 heavy (non-hydrogen) atoms. The predicted octanol–water partition coefficient (Wildman–Crippen LogP) is 3.23. The van der Waals surface area contributed by atoms with E-state index in [9.17, 15) is 0 Å². The summed E-state index contributed by atoms with van der Waals surface area (Å²) in [6.07, 6.45) is 0. The largest absolute Gasteiger partial charge is 0.486 e. The zero-order chi connectivity index (χ0) is 10.1. The van der Waals surface area contributed by atoms with E-state index in [1.165, 1.54) is 0 Å². The van der Waals surface area contributed by atoms with Crippen molar-refractivity contribution in [3.8, 4) is 11.5 Å². The highest BCUT2D eigenvalue weighted by atomic mass is 35.5. The lowest BCUT2D eigenvalue weighted by atomic mass is 10.0. The normalized spacial score (nSPS) is 14.6. The highest BCUT2D eigenvalue weighted by molar-refractivity contribution is 6.31. The average molecular weight is 213 g/mol. The van der Waals surface area contributed by atoms with Gasteiger partial charge in [-0.05, 0) is 17.5 Å². The molecule has 0 fully saturated rings. The van der Waals surface area contributed by atoms with Crippen LogP contribution in [0.15, 0.2) is 12.1 Å². The van der Waals surface area contributed by atoms with E-state index in [1.54, 1.807) is 0 Å². The van der Waals surface area contributed by atoms with Crippen molar-refractivity contribution in [2.24, 2.45) is 0 Å². The molecule has 1 heterocycles. The number of hydrogen-bond donors (Lipinski definition) is 0. The highest BCUT2D eigenvalue weighted by Gasteiger charge is 2.16. The number of halogens is 1. The van der Waals surface area contributed by atoms with Crippen molar-refractivity contribution in [3.05, 3.63) is 22.7 Å². The molecular formula is C11H13ClO2. The van der Waals surface area contributed by atoms with Gasteiger partial charge in [0.15, 0.2) is 11.5 Å². The minimum absolute atomic E-state index is 0.401. The fourth-order valence-electron chi connectivity index (χ4n) is 1.52. The van der Waals surface area contributed by atoms with Gasteiger partial charge in [0, 0.05) is 11.1 Å². The Morgan fingerprint density at radius 2 is 1.71 bits per heavy atom. The first-order valence-corrected chi connectivity index (χ1v) is 5.15. The molecule has 0 spiro atoms. The van der Waals surface area contributed by atoms with Gasteiger partial charge in [-0.25, -0.2) is 0 Å². The molecule has 0 saturated carbocycles. The van der Waals surface area contributed by atoms with Gasteiger partial charge in [0.25, 0.3) is 0 Å². The van der Waals surface area contributed by atoms with E-state index in [-0.39, 0.29) is 0 Å². The van der Waals surface area contributed by atoms with Gasteiger partial charge in [-0.3, -0.25) is 0 Å². The van der Waals surface area contributed by atoms with Crippen LogP contribution in [0.25, 0.3) is 0 Å². The summed E-state index contributed by atoms with van der Waals surface area (Å²) in [5.41, 5.74) is 1.11. The van der Waals surface area contributed by atoms with Crippen LogP contribution in [0.5, 0.6) is 11.5 Å². The molecule has 0 saturated heterocycles. The Kier molecular flexibility index (Phi) is 2.55. The zero-order valence-corrected chi connectivity index (χ0v) is 9.10. The van der Waals surface area contributed by atoms with Crippen LogP contribution in [0.3, 0.4) is 0 Å². The van der Waals surface area contributed by atoms with Gasteiger partial charge in [-0.15, -0.1) is 0 Å². The van der Waals surface area contributed by atoms with Gasteiger partial charge in [0.1, 0.15) is 13.2 Å². The first kappa shape index (κ1) is 9.66. The summed E-state index contributed by atoms with van der Waals surface area (Å²) in [5.74, 6) is 1.97. The molecule has 0 amide bonds. The number of ether oxygens (including phenoxy) is 2. The third-order valence-corrected chi connectivity index (χ3v) is 2.61. The van der Waals surface area contributed by atoms with Crippen LogP contribution in [-0.4, -0.2) is 13.2 Å². The van der Waals surface area contributed by atoms with Crippen molar-refractivity contribution in [2.45, 2.75) is 19.8 Å². The van der Waals surface area contributed by atoms with Crippen LogP contribution in [0.2, 0.25) is 5.02 Å². The molecule has 0 N–H and O–H groups in total. The smallest absolute Gasteiger partial charge is 0.162 e. The average Bonchev–Trinajstić information content (AvgIpc) is 2.16. The van der Waals surface area contributed by atoms with E-state index >= 15 is 0 Å². The minimum Gasteiger partial charge on any atom is -0.486 e. The molecule has 0 bridgehead atoms. The standard InChI is InChI=1S/C11H13ClO2/c1-7(2)8-5-10-11(6-9(8)12)14-4-3-13-10/h5-7H,3-4H2,1-2H3. The molecule has 0 atom stereocenters. The Morgan fingerprint density at radius 1 is 1.14 bits per heavy atom. The van der Waals surface area contributed by atoms with E-state index < -0.39 is 0 Å². The van der Waals surface area contributed by atoms with Gasteiger partial charge < -0.3 is 9.47 Å². The zero-order valence-electron chi connectivity index (χ0n) is 8.34. The van der Waals surface area contributed by atoms with E-state index in [0.29, 0.717) is 19.1 Å². The summed E-state index contributed by atoms with van der Waals surface area (Å²) in [6.45, 7) is 5.44. The summed E-state index contributed by atoms with van der Waals surface area (Å²) >= 11 is 6.12. The third kappa shape index (κ3) is 1.67. The van der Waals surface area contributed by atoms with Gasteiger partial charge in [-0.2, -0.15) is 0 Å². The Morgan fingerprint density at radius 3 is 2.29 bits per heavy atom. The summed E-state index contributed by atoms with van der Waals surface area (Å²) in [6, 6.07) is 3.81. The number of fused-ring (bicyclic) bond motifs is 1. The third-order valence-electron chi connectivity index (χ3n) is 2.28. The lowest BCUT2D eigenvalue weighted by Crippen LogP contribution is -2.15. The van der Waals surface area contributed by atoms with Crippen LogP contribution in [0, 0.1) is 0 Å². The fourth-order valence-corrected chi connectivity index (χ4v) is 1.89. The molecule has 1 aliphatic heterocycles. The van der Waals surface area contributed by atoms with Crippen LogP contribution in [0.1, 0.15) is 25.3 Å². The molecule has 76 valence electrons. The maximum Gasteiger partial charge on any atom is 0.162 e. The molecule has 3 heteroatoms. The number of rotatable bonds is 1. The van der Waals surface area contributed by atoms with Crippen molar-refractivity contribution in [1.29, 1.82) is 0 Å². The number of hydrogen-bond acceptors (Lipinski definition) is 2. The molecule has 2 nitrogen and oxygen atoms in total. The SMILES string of the molecule is CC(C)c1cc2c(cc1Cl)OCCO2. The van der Waals surface area contributed by atoms with Crippen LogP contribution in [0.4, 0.5) is 0 Å². The molecular weight excluding hydrogens is 200 g/mol. The van der Waals surface area contributed by atoms with Crippen molar-refractivity contribution >= 4 is 11.6 Å². The van der Waals surface area contributed by atoms with E-state index in [4.69, 9.17) is 21.1 Å². The van der Waals surface area contributed by atoms with Crippen molar-refractivity contribution in [1.82, 2.24) is 0 Å². The second-order valence-electron chi connectivity index (χ2n) is 3.67. The lowest BCUT2D eigenvalue weighted by Gasteiger charge is -2.20. The maximum atomic E-state index is 6.12. The van der Waals surface area contributed by atoms with Crippen LogP contribution in [-0.2, 0) is 0 Å². The Hall–Kier alpha value is -0.890. The highest BCUT2D eigenvalue weighted by Crippen LogP contribution is 2.37. The van der Waals surface area contributed by atoms with Gasteiger partial charge in [0.2, 0.25) is 0 Å².